The van der Waals surface area contributed by atoms with E-state index < -0.39 is 0 Å². The Morgan fingerprint density at radius 3 is 2.75 bits per heavy atom. The Labute approximate surface area is 147 Å². The summed E-state index contributed by atoms with van der Waals surface area (Å²) in [4.78, 5) is 8.46. The molecule has 0 atom stereocenters. The van der Waals surface area contributed by atoms with Crippen molar-refractivity contribution in [1.82, 2.24) is 19.6 Å². The van der Waals surface area contributed by atoms with E-state index in [4.69, 9.17) is 0 Å². The third-order valence-electron chi connectivity index (χ3n) is 3.71. The van der Waals surface area contributed by atoms with Crippen LogP contribution in [0.5, 0.6) is 0 Å². The van der Waals surface area contributed by atoms with E-state index >= 15 is 0 Å². The lowest BCUT2D eigenvalue weighted by Gasteiger charge is -2.07. The van der Waals surface area contributed by atoms with Crippen molar-refractivity contribution in [3.63, 3.8) is 0 Å². The van der Waals surface area contributed by atoms with Crippen molar-refractivity contribution >= 4 is 27.4 Å². The fraction of sp³-hybridized carbons (Fsp3) is 0.0556. The van der Waals surface area contributed by atoms with Gasteiger partial charge in [0.2, 0.25) is 0 Å². The van der Waals surface area contributed by atoms with Gasteiger partial charge in [-0.1, -0.05) is 28.1 Å². The van der Waals surface area contributed by atoms with Crippen LogP contribution in [0.15, 0.2) is 71.6 Å². The van der Waals surface area contributed by atoms with E-state index in [0.717, 1.165) is 32.8 Å². The van der Waals surface area contributed by atoms with Gasteiger partial charge in [-0.15, -0.1) is 5.10 Å². The summed E-state index contributed by atoms with van der Waals surface area (Å²) < 4.78 is 2.89. The highest BCUT2D eigenvalue weighted by Crippen LogP contribution is 2.24. The number of benzene rings is 1. The number of imidazole rings is 1. The topological polar surface area (TPSA) is 55.1 Å². The second kappa shape index (κ2) is 6.41. The quantitative estimate of drug-likeness (QED) is 0.578. The van der Waals surface area contributed by atoms with Crippen molar-refractivity contribution in [2.75, 3.05) is 5.32 Å². The molecular weight excluding hydrogens is 366 g/mol. The van der Waals surface area contributed by atoms with Crippen LogP contribution in [0.4, 0.5) is 5.82 Å². The molecule has 0 saturated heterocycles. The highest BCUT2D eigenvalue weighted by Gasteiger charge is 2.08. The molecule has 118 valence electrons. The van der Waals surface area contributed by atoms with Crippen molar-refractivity contribution in [1.29, 1.82) is 0 Å². The van der Waals surface area contributed by atoms with Crippen molar-refractivity contribution in [2.24, 2.45) is 0 Å². The van der Waals surface area contributed by atoms with Gasteiger partial charge in [0.1, 0.15) is 5.82 Å². The van der Waals surface area contributed by atoms with Gasteiger partial charge < -0.3 is 5.32 Å². The molecule has 3 heterocycles. The molecule has 0 amide bonds. The van der Waals surface area contributed by atoms with Crippen LogP contribution in [0.25, 0.3) is 16.9 Å². The van der Waals surface area contributed by atoms with E-state index in [-0.39, 0.29) is 0 Å². The zero-order chi connectivity index (χ0) is 16.4. The molecule has 0 spiro atoms. The van der Waals surface area contributed by atoms with Crippen molar-refractivity contribution in [2.45, 2.75) is 6.54 Å². The van der Waals surface area contributed by atoms with Gasteiger partial charge in [-0.05, 0) is 42.0 Å². The molecule has 0 saturated carbocycles. The van der Waals surface area contributed by atoms with Gasteiger partial charge in [-0.2, -0.15) is 0 Å². The average molecular weight is 380 g/mol. The summed E-state index contributed by atoms with van der Waals surface area (Å²) in [6, 6.07) is 16.0. The van der Waals surface area contributed by atoms with Crippen LogP contribution in [0, 0.1) is 0 Å². The summed E-state index contributed by atoms with van der Waals surface area (Å²) in [6.07, 6.45) is 5.42. The first-order chi connectivity index (χ1) is 11.8. The van der Waals surface area contributed by atoms with Gasteiger partial charge in [-0.25, -0.2) is 9.50 Å². The molecule has 6 heteroatoms. The van der Waals surface area contributed by atoms with Gasteiger partial charge in [0.25, 0.3) is 0 Å². The maximum absolute atomic E-state index is 4.67. The zero-order valence-corrected chi connectivity index (χ0v) is 14.3. The van der Waals surface area contributed by atoms with Crippen molar-refractivity contribution in [3.8, 4) is 11.3 Å². The molecule has 4 rings (SSSR count). The van der Waals surface area contributed by atoms with Gasteiger partial charge >= 0.3 is 0 Å². The molecule has 0 aliphatic heterocycles. The van der Waals surface area contributed by atoms with Crippen LogP contribution in [0.1, 0.15) is 5.56 Å². The molecule has 0 aliphatic rings. The molecule has 24 heavy (non-hydrogen) atoms. The van der Waals surface area contributed by atoms with E-state index in [1.54, 1.807) is 12.4 Å². The summed E-state index contributed by atoms with van der Waals surface area (Å²) in [7, 11) is 0. The Bertz CT molecular complexity index is 981. The summed E-state index contributed by atoms with van der Waals surface area (Å²) >= 11 is 3.51. The molecule has 0 fully saturated rings. The van der Waals surface area contributed by atoms with Crippen LogP contribution in [-0.2, 0) is 6.54 Å². The Morgan fingerprint density at radius 2 is 1.92 bits per heavy atom. The second-order valence-corrected chi connectivity index (χ2v) is 6.27. The van der Waals surface area contributed by atoms with E-state index in [2.05, 4.69) is 42.4 Å². The number of fused-ring (bicyclic) bond motifs is 1. The number of pyridine rings is 1. The van der Waals surface area contributed by atoms with Gasteiger partial charge in [0, 0.05) is 29.0 Å². The minimum Gasteiger partial charge on any atom is -0.365 e. The molecular formula is C18H14BrN5. The number of nitrogens with zero attached hydrogens (tertiary/aromatic N) is 4. The predicted octanol–water partition coefficient (Wildman–Crippen LogP) is 4.17. The van der Waals surface area contributed by atoms with Crippen LogP contribution in [-0.4, -0.2) is 19.6 Å². The van der Waals surface area contributed by atoms with Crippen LogP contribution >= 0.6 is 15.9 Å². The second-order valence-electron chi connectivity index (χ2n) is 5.35. The Morgan fingerprint density at radius 1 is 1.04 bits per heavy atom. The Hall–Kier alpha value is -2.73. The number of aromatic nitrogens is 4. The lowest BCUT2D eigenvalue weighted by Crippen LogP contribution is -2.04. The Kier molecular flexibility index (Phi) is 3.96. The molecule has 1 aromatic carbocycles. The number of rotatable bonds is 4. The van der Waals surface area contributed by atoms with E-state index in [0.29, 0.717) is 6.54 Å². The van der Waals surface area contributed by atoms with Gasteiger partial charge in [0.15, 0.2) is 5.65 Å². The minimum absolute atomic E-state index is 0.696. The highest BCUT2D eigenvalue weighted by atomic mass is 79.9. The predicted molar refractivity (Wildman–Crippen MR) is 97.7 cm³/mol. The maximum atomic E-state index is 4.67. The molecule has 0 bridgehead atoms. The lowest BCUT2D eigenvalue weighted by atomic mass is 10.2. The normalized spacial score (nSPS) is 10.9. The van der Waals surface area contributed by atoms with E-state index in [9.17, 15) is 0 Å². The smallest absolute Gasteiger partial charge is 0.154 e. The summed E-state index contributed by atoms with van der Waals surface area (Å²) in [5.41, 5.74) is 4.00. The van der Waals surface area contributed by atoms with Crippen LogP contribution in [0.2, 0.25) is 0 Å². The number of anilines is 1. The minimum atomic E-state index is 0.696. The van der Waals surface area contributed by atoms with Crippen LogP contribution < -0.4 is 5.32 Å². The number of hydrogen-bond acceptors (Lipinski definition) is 4. The van der Waals surface area contributed by atoms with Gasteiger partial charge in [0.05, 0.1) is 11.9 Å². The van der Waals surface area contributed by atoms with E-state index in [1.807, 2.05) is 53.2 Å². The monoisotopic (exact) mass is 379 g/mol. The molecule has 3 aromatic heterocycles. The third-order valence-corrected chi connectivity index (χ3v) is 4.20. The molecule has 0 unspecified atom stereocenters. The fourth-order valence-corrected chi connectivity index (χ4v) is 2.90. The molecule has 0 radical (unpaired) electrons. The first kappa shape index (κ1) is 14.8. The number of halogens is 1. The van der Waals surface area contributed by atoms with Crippen LogP contribution in [0.3, 0.4) is 0 Å². The maximum Gasteiger partial charge on any atom is 0.154 e. The fourth-order valence-electron chi connectivity index (χ4n) is 2.51. The first-order valence-electron chi connectivity index (χ1n) is 7.53. The molecule has 5 nitrogen and oxygen atoms in total. The Balaban J connectivity index is 1.66. The van der Waals surface area contributed by atoms with E-state index in [1.165, 1.54) is 0 Å². The van der Waals surface area contributed by atoms with Gasteiger partial charge in [-0.3, -0.25) is 4.98 Å². The standard InChI is InChI=1S/C18H14BrN5/c19-15-3-1-2-14(10-15)16-12-22-18-5-4-17(23-24(16)18)21-11-13-6-8-20-9-7-13/h1-10,12H,11H2,(H,21,23). The first-order valence-corrected chi connectivity index (χ1v) is 8.32. The third kappa shape index (κ3) is 3.00. The summed E-state index contributed by atoms with van der Waals surface area (Å²) in [5, 5.41) is 8.00. The van der Waals surface area contributed by atoms with Crippen molar-refractivity contribution in [3.05, 3.63) is 77.2 Å². The molecule has 1 N–H and O–H groups in total. The molecule has 4 aromatic rings. The SMILES string of the molecule is Brc1cccc(-c2cnc3ccc(NCc4ccncc4)nn23)c1. The average Bonchev–Trinajstić information content (AvgIpc) is 3.04. The summed E-state index contributed by atoms with van der Waals surface area (Å²) in [5.74, 6) is 0.800. The number of hydrogen-bond donors (Lipinski definition) is 1. The lowest BCUT2D eigenvalue weighted by molar-refractivity contribution is 0.930. The largest absolute Gasteiger partial charge is 0.365 e. The van der Waals surface area contributed by atoms with Crippen molar-refractivity contribution < 1.29 is 0 Å². The molecule has 0 aliphatic carbocycles. The summed E-state index contributed by atoms with van der Waals surface area (Å²) in [6.45, 7) is 0.696. The highest BCUT2D eigenvalue weighted by molar-refractivity contribution is 9.10. The number of nitrogens with one attached hydrogen (secondary N) is 1. The zero-order valence-electron chi connectivity index (χ0n) is 12.7.